The summed E-state index contributed by atoms with van der Waals surface area (Å²) in [6.07, 6.45) is 3.00. The highest BCUT2D eigenvalue weighted by Gasteiger charge is 2.37. The first-order valence-corrected chi connectivity index (χ1v) is 13.6. The van der Waals surface area contributed by atoms with E-state index in [9.17, 15) is 19.5 Å². The number of hydrogen-bond donors (Lipinski definition) is 3. The number of aliphatic hydroxyl groups is 1. The number of benzene rings is 2. The van der Waals surface area contributed by atoms with Gasteiger partial charge in [-0.05, 0) is 49.4 Å². The number of fused-ring (bicyclic) bond motifs is 1. The van der Waals surface area contributed by atoms with Crippen LogP contribution in [0.5, 0.6) is 5.75 Å². The molecule has 0 spiro atoms. The molecule has 1 saturated carbocycles. The molecule has 12 heteroatoms. The second kappa shape index (κ2) is 10.9. The maximum Gasteiger partial charge on any atom is 0.306 e. The van der Waals surface area contributed by atoms with Crippen LogP contribution >= 0.6 is 23.2 Å². The number of methoxy groups -OCH3 is 1. The van der Waals surface area contributed by atoms with Crippen molar-refractivity contribution < 1.29 is 28.9 Å². The molecule has 0 unspecified atom stereocenters. The Balaban J connectivity index is 1.52. The summed E-state index contributed by atoms with van der Waals surface area (Å²) in [4.78, 5) is 39.5. The van der Waals surface area contributed by atoms with Gasteiger partial charge in [0.1, 0.15) is 11.3 Å². The fraction of sp³-hybridized carbons (Fsp3) is 0.393. The largest absolute Gasteiger partial charge is 0.492 e. The van der Waals surface area contributed by atoms with E-state index in [0.717, 1.165) is 18.9 Å². The standard InChI is InChI=1S/C28H28Cl2FN3O6/c1-40-26-23-18(11-21(31)24(26)33-8-6-28(39,7-9-33)12-22(35)36)25(37)19(14-34(23)17-4-5-17)27(38)32-13-15-2-3-16(29)10-20(15)30/h2-3,10-11,14,17,39H,4-9,12-13H2,1H3,(H,32,38)(H,35,36). The molecule has 2 fully saturated rings. The molecular formula is C28H28Cl2FN3O6. The number of nitrogens with zero attached hydrogens (tertiary/aromatic N) is 2. The normalized spacial score (nSPS) is 16.7. The molecule has 1 aliphatic heterocycles. The van der Waals surface area contributed by atoms with Gasteiger partial charge >= 0.3 is 5.97 Å². The van der Waals surface area contributed by atoms with E-state index in [1.54, 1.807) is 27.7 Å². The zero-order valence-electron chi connectivity index (χ0n) is 21.7. The predicted molar refractivity (Wildman–Crippen MR) is 149 cm³/mol. The maximum absolute atomic E-state index is 15.7. The van der Waals surface area contributed by atoms with Crippen LogP contribution in [0.15, 0.2) is 35.3 Å². The number of halogens is 3. The first kappa shape index (κ1) is 28.2. The summed E-state index contributed by atoms with van der Waals surface area (Å²) in [6, 6.07) is 6.02. The van der Waals surface area contributed by atoms with E-state index in [4.69, 9.17) is 33.0 Å². The van der Waals surface area contributed by atoms with Gasteiger partial charge in [-0.15, -0.1) is 0 Å². The minimum atomic E-state index is -1.38. The highest BCUT2D eigenvalue weighted by Crippen LogP contribution is 2.44. The van der Waals surface area contributed by atoms with Crippen LogP contribution < -0.4 is 20.4 Å². The van der Waals surface area contributed by atoms with Gasteiger partial charge in [-0.1, -0.05) is 29.3 Å². The lowest BCUT2D eigenvalue weighted by Gasteiger charge is -2.39. The number of amides is 1. The number of pyridine rings is 1. The number of aromatic nitrogens is 1. The van der Waals surface area contributed by atoms with Crippen molar-refractivity contribution in [3.63, 3.8) is 0 Å². The van der Waals surface area contributed by atoms with Gasteiger partial charge in [0.05, 0.1) is 30.0 Å². The summed E-state index contributed by atoms with van der Waals surface area (Å²) in [6.45, 7) is 0.462. The van der Waals surface area contributed by atoms with Crippen molar-refractivity contribution in [2.75, 3.05) is 25.1 Å². The summed E-state index contributed by atoms with van der Waals surface area (Å²) < 4.78 is 23.2. The third-order valence-electron chi connectivity index (χ3n) is 7.53. The van der Waals surface area contributed by atoms with Gasteiger partial charge in [-0.3, -0.25) is 14.4 Å². The average Bonchev–Trinajstić information content (AvgIpc) is 3.73. The van der Waals surface area contributed by atoms with Crippen molar-refractivity contribution in [2.45, 2.75) is 50.3 Å². The van der Waals surface area contributed by atoms with Crippen LogP contribution in [0.25, 0.3) is 10.9 Å². The number of nitrogens with one attached hydrogen (secondary N) is 1. The number of hydrogen-bond acceptors (Lipinski definition) is 6. The van der Waals surface area contributed by atoms with Gasteiger partial charge in [0.2, 0.25) is 5.43 Å². The molecule has 0 atom stereocenters. The number of anilines is 1. The van der Waals surface area contributed by atoms with E-state index in [-0.39, 0.29) is 60.9 Å². The van der Waals surface area contributed by atoms with Crippen LogP contribution in [-0.4, -0.2) is 52.5 Å². The van der Waals surface area contributed by atoms with Gasteiger partial charge in [0, 0.05) is 41.9 Å². The summed E-state index contributed by atoms with van der Waals surface area (Å²) in [5.74, 6) is -2.28. The average molecular weight is 592 g/mol. The highest BCUT2D eigenvalue weighted by atomic mass is 35.5. The summed E-state index contributed by atoms with van der Waals surface area (Å²) in [5.41, 5.74) is -1.000. The highest BCUT2D eigenvalue weighted by molar-refractivity contribution is 6.35. The van der Waals surface area contributed by atoms with Crippen LogP contribution in [0, 0.1) is 5.82 Å². The molecule has 40 heavy (non-hydrogen) atoms. The Kier molecular flexibility index (Phi) is 7.69. The topological polar surface area (TPSA) is 121 Å². The summed E-state index contributed by atoms with van der Waals surface area (Å²) >= 11 is 12.2. The number of carboxylic acid groups (broad SMARTS) is 1. The van der Waals surface area contributed by atoms with Crippen LogP contribution in [0.2, 0.25) is 10.0 Å². The fourth-order valence-corrected chi connectivity index (χ4v) is 5.75. The molecule has 1 aromatic heterocycles. The number of carbonyl (C=O) groups excluding carboxylic acids is 1. The molecule has 3 aromatic rings. The zero-order valence-corrected chi connectivity index (χ0v) is 23.2. The number of piperidine rings is 1. The van der Waals surface area contributed by atoms with Gasteiger partial charge in [0.25, 0.3) is 5.91 Å². The van der Waals surface area contributed by atoms with Gasteiger partial charge in [-0.25, -0.2) is 4.39 Å². The molecule has 212 valence electrons. The molecule has 9 nitrogen and oxygen atoms in total. The molecule has 2 heterocycles. The quantitative estimate of drug-likeness (QED) is 0.352. The van der Waals surface area contributed by atoms with Crippen molar-refractivity contribution in [1.82, 2.24) is 9.88 Å². The Labute approximate surface area is 239 Å². The SMILES string of the molecule is COc1c(N2CCC(O)(CC(=O)O)CC2)c(F)cc2c(=O)c(C(=O)NCc3ccc(Cl)cc3Cl)cn(C3CC3)c12. The molecule has 2 aromatic carbocycles. The smallest absolute Gasteiger partial charge is 0.306 e. The van der Waals surface area contributed by atoms with Crippen LogP contribution in [0.1, 0.15) is 54.1 Å². The fourth-order valence-electron chi connectivity index (χ4n) is 5.27. The number of carbonyl (C=O) groups is 2. The Morgan fingerprint density at radius 3 is 2.50 bits per heavy atom. The Morgan fingerprint density at radius 2 is 1.90 bits per heavy atom. The first-order chi connectivity index (χ1) is 19.0. The van der Waals surface area contributed by atoms with Crippen LogP contribution in [0.4, 0.5) is 10.1 Å². The molecule has 0 bridgehead atoms. The molecule has 0 radical (unpaired) electrons. The van der Waals surface area contributed by atoms with E-state index in [2.05, 4.69) is 5.32 Å². The van der Waals surface area contributed by atoms with E-state index >= 15 is 4.39 Å². The molecule has 3 N–H and O–H groups in total. The Hall–Kier alpha value is -3.34. The van der Waals surface area contributed by atoms with Crippen LogP contribution in [0.3, 0.4) is 0 Å². The minimum Gasteiger partial charge on any atom is -0.492 e. The number of ether oxygens (including phenoxy) is 1. The molecule has 2 aliphatic rings. The van der Waals surface area contributed by atoms with Crippen molar-refractivity contribution in [1.29, 1.82) is 0 Å². The van der Waals surface area contributed by atoms with Crippen molar-refractivity contribution in [3.05, 3.63) is 67.7 Å². The Morgan fingerprint density at radius 1 is 1.20 bits per heavy atom. The van der Waals surface area contributed by atoms with Gasteiger partial charge in [-0.2, -0.15) is 0 Å². The van der Waals surface area contributed by atoms with E-state index in [1.165, 1.54) is 13.3 Å². The Bertz CT molecular complexity index is 1560. The van der Waals surface area contributed by atoms with E-state index in [0.29, 0.717) is 21.1 Å². The lowest BCUT2D eigenvalue weighted by atomic mass is 9.88. The number of rotatable bonds is 8. The van der Waals surface area contributed by atoms with Crippen molar-refractivity contribution in [2.24, 2.45) is 0 Å². The maximum atomic E-state index is 15.7. The summed E-state index contributed by atoms with van der Waals surface area (Å²) in [7, 11) is 1.39. The molecule has 1 aliphatic carbocycles. The molecule has 5 rings (SSSR count). The van der Waals surface area contributed by atoms with Gasteiger partial charge < -0.3 is 29.7 Å². The third kappa shape index (κ3) is 5.48. The summed E-state index contributed by atoms with van der Waals surface area (Å²) in [5, 5.41) is 23.3. The first-order valence-electron chi connectivity index (χ1n) is 12.9. The predicted octanol–water partition coefficient (Wildman–Crippen LogP) is 4.53. The molecular weight excluding hydrogens is 564 g/mol. The lowest BCUT2D eigenvalue weighted by Crippen LogP contribution is -2.46. The molecule has 1 saturated heterocycles. The molecule has 1 amide bonds. The third-order valence-corrected chi connectivity index (χ3v) is 8.12. The van der Waals surface area contributed by atoms with Crippen molar-refractivity contribution >= 4 is 51.7 Å². The van der Waals surface area contributed by atoms with Crippen LogP contribution in [-0.2, 0) is 11.3 Å². The second-order valence-corrected chi connectivity index (χ2v) is 11.2. The van der Waals surface area contributed by atoms with Crippen molar-refractivity contribution in [3.8, 4) is 5.75 Å². The lowest BCUT2D eigenvalue weighted by molar-refractivity contribution is -0.143. The number of carboxylic acids is 1. The second-order valence-electron chi connectivity index (χ2n) is 10.3. The minimum absolute atomic E-state index is 0.00887. The number of aliphatic carboxylic acids is 1. The van der Waals surface area contributed by atoms with E-state index in [1.807, 2.05) is 0 Å². The zero-order chi connectivity index (χ0) is 28.8. The van der Waals surface area contributed by atoms with Gasteiger partial charge in [0.15, 0.2) is 11.6 Å². The monoisotopic (exact) mass is 591 g/mol. The van der Waals surface area contributed by atoms with E-state index < -0.39 is 35.1 Å².